The molecule has 0 saturated carbocycles. The van der Waals surface area contributed by atoms with Crippen LogP contribution in [0, 0.1) is 0 Å². The summed E-state index contributed by atoms with van der Waals surface area (Å²) in [6.07, 6.45) is 0. The van der Waals surface area contributed by atoms with Crippen molar-refractivity contribution in [2.24, 2.45) is 0 Å². The molecule has 0 radical (unpaired) electrons. The molecular weight excluding hydrogens is 433 g/mol. The second kappa shape index (κ2) is 7.86. The maximum Gasteiger partial charge on any atom is 0.266 e. The number of halogens is 7. The number of hydrogen-bond donors (Lipinski definition) is 0. The van der Waals surface area contributed by atoms with E-state index in [-0.39, 0.29) is 0 Å². The summed E-state index contributed by atoms with van der Waals surface area (Å²) >= 11 is 31.8. The van der Waals surface area contributed by atoms with Crippen LogP contribution in [0.1, 0.15) is 5.56 Å². The molecule has 1 rings (SSSR count). The van der Waals surface area contributed by atoms with E-state index < -0.39 is 3.25 Å². The van der Waals surface area contributed by atoms with Gasteiger partial charge in [-0.05, 0) is 23.8 Å². The summed E-state index contributed by atoms with van der Waals surface area (Å²) in [5.74, 6) is 0. The molecular formula is C8H5Br2Cl5. The number of benzene rings is 1. The number of rotatable bonds is 1. The van der Waals surface area contributed by atoms with Crippen LogP contribution >= 0.6 is 89.9 Å². The summed E-state index contributed by atoms with van der Waals surface area (Å²) in [5, 5.41) is 1.60. The molecule has 1 aromatic carbocycles. The number of alkyl halides is 5. The van der Waals surface area contributed by atoms with Crippen molar-refractivity contribution in [2.75, 3.05) is 0 Å². The normalized spacial score (nSPS) is 10.6. The molecule has 0 atom stereocenters. The van der Waals surface area contributed by atoms with Crippen LogP contribution in [-0.2, 0) is 5.33 Å². The third-order valence-corrected chi connectivity index (χ3v) is 2.76. The van der Waals surface area contributed by atoms with Crippen LogP contribution in [0.4, 0.5) is 0 Å². The molecule has 0 amide bonds. The van der Waals surface area contributed by atoms with Crippen LogP contribution in [0.2, 0.25) is 5.02 Å². The van der Waals surface area contributed by atoms with Crippen molar-refractivity contribution in [2.45, 2.75) is 8.58 Å². The van der Waals surface area contributed by atoms with E-state index >= 15 is 0 Å². The third kappa shape index (κ3) is 10.5. The predicted molar refractivity (Wildman–Crippen MR) is 77.9 cm³/mol. The van der Waals surface area contributed by atoms with Gasteiger partial charge in [0, 0.05) is 14.8 Å². The Morgan fingerprint density at radius 2 is 1.60 bits per heavy atom. The van der Waals surface area contributed by atoms with Gasteiger partial charge in [0.1, 0.15) is 0 Å². The van der Waals surface area contributed by atoms with Crippen molar-refractivity contribution >= 4 is 89.9 Å². The predicted octanol–water partition coefficient (Wildman–Crippen LogP) is 6.55. The lowest BCUT2D eigenvalue weighted by Gasteiger charge is -1.98. The van der Waals surface area contributed by atoms with E-state index in [1.54, 1.807) is 0 Å². The van der Waals surface area contributed by atoms with Gasteiger partial charge in [-0.25, -0.2) is 0 Å². The Hall–Kier alpha value is 1.63. The van der Waals surface area contributed by atoms with E-state index in [4.69, 9.17) is 58.0 Å². The average molecular weight is 438 g/mol. The zero-order chi connectivity index (χ0) is 12.1. The van der Waals surface area contributed by atoms with E-state index in [1.165, 1.54) is 5.56 Å². The van der Waals surface area contributed by atoms with Gasteiger partial charge in [-0.2, -0.15) is 0 Å². The molecule has 15 heavy (non-hydrogen) atoms. The SMILES string of the molecule is ClC(Cl)(Cl)Cl.Clc1ccc(Br)c(CBr)c1. The first kappa shape index (κ1) is 16.6. The standard InChI is InChI=1S/C7H5Br2Cl.CCl4/c8-4-5-3-6(10)1-2-7(5)9;2-1(3,4)5/h1-3H,4H2;. The van der Waals surface area contributed by atoms with Gasteiger partial charge >= 0.3 is 0 Å². The highest BCUT2D eigenvalue weighted by molar-refractivity contribution is 9.10. The quantitative estimate of drug-likeness (QED) is 0.437. The zero-order valence-electron chi connectivity index (χ0n) is 7.08. The largest absolute Gasteiger partial charge is 0.266 e. The van der Waals surface area contributed by atoms with Crippen LogP contribution in [0.25, 0.3) is 0 Å². The first-order valence-electron chi connectivity index (χ1n) is 3.49. The summed E-state index contributed by atoms with van der Waals surface area (Å²) in [4.78, 5) is 0. The molecule has 86 valence electrons. The van der Waals surface area contributed by atoms with E-state index in [2.05, 4.69) is 31.9 Å². The Morgan fingerprint density at radius 1 is 1.13 bits per heavy atom. The van der Waals surface area contributed by atoms with Gasteiger partial charge in [0.2, 0.25) is 0 Å². The summed E-state index contributed by atoms with van der Waals surface area (Å²) < 4.78 is -0.520. The van der Waals surface area contributed by atoms with Crippen LogP contribution in [0.3, 0.4) is 0 Å². The minimum atomic E-state index is -1.61. The highest BCUT2D eigenvalue weighted by Gasteiger charge is 2.11. The molecule has 0 saturated heterocycles. The van der Waals surface area contributed by atoms with Crippen molar-refractivity contribution in [3.05, 3.63) is 33.3 Å². The van der Waals surface area contributed by atoms with Crippen molar-refractivity contribution in [1.82, 2.24) is 0 Å². The van der Waals surface area contributed by atoms with Gasteiger partial charge in [-0.1, -0.05) is 89.9 Å². The van der Waals surface area contributed by atoms with Crippen LogP contribution < -0.4 is 0 Å². The van der Waals surface area contributed by atoms with Crippen molar-refractivity contribution in [1.29, 1.82) is 0 Å². The molecule has 0 spiro atoms. The lowest BCUT2D eigenvalue weighted by molar-refractivity contribution is 1.40. The fraction of sp³-hybridized carbons (Fsp3) is 0.250. The van der Waals surface area contributed by atoms with Gasteiger partial charge in [0.15, 0.2) is 0 Å². The minimum Gasteiger partial charge on any atom is -0.0876 e. The lowest BCUT2D eigenvalue weighted by Crippen LogP contribution is -1.81. The molecule has 0 nitrogen and oxygen atoms in total. The molecule has 7 heteroatoms. The monoisotopic (exact) mass is 434 g/mol. The molecule has 0 unspecified atom stereocenters. The van der Waals surface area contributed by atoms with Crippen molar-refractivity contribution < 1.29 is 0 Å². The van der Waals surface area contributed by atoms with Crippen molar-refractivity contribution in [3.63, 3.8) is 0 Å². The Balaban J connectivity index is 0.000000336. The Kier molecular flexibility index (Phi) is 8.71. The fourth-order valence-electron chi connectivity index (χ4n) is 0.646. The lowest BCUT2D eigenvalue weighted by atomic mass is 10.2. The highest BCUT2D eigenvalue weighted by atomic mass is 79.9. The average Bonchev–Trinajstić information content (AvgIpc) is 2.06. The summed E-state index contributed by atoms with van der Waals surface area (Å²) in [6, 6.07) is 5.73. The summed E-state index contributed by atoms with van der Waals surface area (Å²) in [6.45, 7) is 0. The first-order chi connectivity index (χ1) is 6.74. The molecule has 0 aromatic heterocycles. The van der Waals surface area contributed by atoms with Gasteiger partial charge in [-0.15, -0.1) is 0 Å². The number of hydrogen-bond acceptors (Lipinski definition) is 0. The molecule has 1 aromatic rings. The van der Waals surface area contributed by atoms with E-state index in [0.29, 0.717) is 0 Å². The van der Waals surface area contributed by atoms with Crippen LogP contribution in [0.5, 0.6) is 0 Å². The van der Waals surface area contributed by atoms with Gasteiger partial charge in [-0.3, -0.25) is 0 Å². The van der Waals surface area contributed by atoms with E-state index in [9.17, 15) is 0 Å². The Bertz CT molecular complexity index is 304. The van der Waals surface area contributed by atoms with Crippen molar-refractivity contribution in [3.8, 4) is 0 Å². The summed E-state index contributed by atoms with van der Waals surface area (Å²) in [7, 11) is 0. The second-order valence-electron chi connectivity index (χ2n) is 2.30. The van der Waals surface area contributed by atoms with Gasteiger partial charge in [0.25, 0.3) is 3.25 Å². The summed E-state index contributed by atoms with van der Waals surface area (Å²) in [5.41, 5.74) is 1.17. The van der Waals surface area contributed by atoms with Gasteiger partial charge in [0.05, 0.1) is 0 Å². The molecule has 0 aliphatic carbocycles. The Labute approximate surface area is 130 Å². The maximum atomic E-state index is 5.75. The minimum absolute atomic E-state index is 0.776. The van der Waals surface area contributed by atoms with Crippen LogP contribution in [0.15, 0.2) is 22.7 Å². The highest BCUT2D eigenvalue weighted by Crippen LogP contribution is 2.29. The molecule has 0 bridgehead atoms. The third-order valence-electron chi connectivity index (χ3n) is 1.15. The molecule has 0 aliphatic heterocycles. The smallest absolute Gasteiger partial charge is 0.0876 e. The van der Waals surface area contributed by atoms with Crippen LogP contribution in [-0.4, -0.2) is 3.25 Å². The molecule has 0 N–H and O–H groups in total. The maximum absolute atomic E-state index is 5.75. The second-order valence-corrected chi connectivity index (χ2v) is 7.58. The first-order valence-corrected chi connectivity index (χ1v) is 7.30. The molecule has 0 fully saturated rings. The Morgan fingerprint density at radius 3 is 1.93 bits per heavy atom. The zero-order valence-corrected chi connectivity index (χ0v) is 14.0. The van der Waals surface area contributed by atoms with E-state index in [1.807, 2.05) is 18.2 Å². The molecule has 0 heterocycles. The topological polar surface area (TPSA) is 0 Å². The van der Waals surface area contributed by atoms with Gasteiger partial charge < -0.3 is 0 Å². The molecule has 0 aliphatic rings. The fourth-order valence-corrected chi connectivity index (χ4v) is 2.07. The van der Waals surface area contributed by atoms with E-state index in [0.717, 1.165) is 14.8 Å².